The van der Waals surface area contributed by atoms with E-state index in [0.717, 1.165) is 22.8 Å². The Balaban J connectivity index is 2.06. The number of nitro benzene ring substituents is 1. The van der Waals surface area contributed by atoms with E-state index >= 15 is 0 Å². The van der Waals surface area contributed by atoms with Crippen molar-refractivity contribution >= 4 is 17.0 Å². The van der Waals surface area contributed by atoms with Gasteiger partial charge in [0.2, 0.25) is 5.82 Å². The molecule has 0 bridgehead atoms. The van der Waals surface area contributed by atoms with E-state index in [1.807, 2.05) is 12.3 Å². The number of rotatable bonds is 4. The molecule has 0 radical (unpaired) electrons. The highest BCUT2D eigenvalue weighted by molar-refractivity contribution is 7.09. The zero-order valence-electron chi connectivity index (χ0n) is 9.42. The molecule has 0 saturated carbocycles. The van der Waals surface area contributed by atoms with Crippen molar-refractivity contribution in [2.45, 2.75) is 13.5 Å². The molecule has 0 aliphatic heterocycles. The largest absolute Gasteiger partial charge is 0.487 e. The van der Waals surface area contributed by atoms with Crippen molar-refractivity contribution in [1.29, 1.82) is 0 Å². The molecule has 5 nitrogen and oxygen atoms in total. The molecular weight excluding hydrogens is 259 g/mol. The summed E-state index contributed by atoms with van der Waals surface area (Å²) in [5.74, 6) is -0.671. The molecule has 0 aliphatic rings. The maximum Gasteiger partial charge on any atom is 0.305 e. The van der Waals surface area contributed by atoms with Crippen molar-refractivity contribution in [3.8, 4) is 5.75 Å². The van der Waals surface area contributed by atoms with Crippen LogP contribution in [0.1, 0.15) is 10.7 Å². The van der Waals surface area contributed by atoms with Crippen molar-refractivity contribution in [1.82, 2.24) is 4.98 Å². The van der Waals surface area contributed by atoms with Gasteiger partial charge >= 0.3 is 5.69 Å². The van der Waals surface area contributed by atoms with Gasteiger partial charge in [-0.1, -0.05) is 0 Å². The van der Waals surface area contributed by atoms with Gasteiger partial charge in [0.05, 0.1) is 15.6 Å². The molecule has 1 heterocycles. The van der Waals surface area contributed by atoms with E-state index < -0.39 is 16.4 Å². The maximum absolute atomic E-state index is 13.3. The quantitative estimate of drug-likeness (QED) is 0.631. The lowest BCUT2D eigenvalue weighted by molar-refractivity contribution is -0.387. The lowest BCUT2D eigenvalue weighted by Crippen LogP contribution is -1.98. The average molecular weight is 268 g/mol. The molecule has 0 aliphatic carbocycles. The molecule has 94 valence electrons. The number of nitrogens with zero attached hydrogens (tertiary/aromatic N) is 2. The Morgan fingerprint density at radius 2 is 2.33 bits per heavy atom. The van der Waals surface area contributed by atoms with Gasteiger partial charge in [0.25, 0.3) is 0 Å². The molecule has 0 fully saturated rings. The maximum atomic E-state index is 13.3. The third-order valence-corrected chi connectivity index (χ3v) is 2.99. The highest BCUT2D eigenvalue weighted by Gasteiger charge is 2.14. The van der Waals surface area contributed by atoms with E-state index in [1.54, 1.807) is 0 Å². The van der Waals surface area contributed by atoms with Crippen LogP contribution >= 0.6 is 11.3 Å². The van der Waals surface area contributed by atoms with Gasteiger partial charge in [0.1, 0.15) is 12.4 Å². The topological polar surface area (TPSA) is 65.3 Å². The molecule has 0 spiro atoms. The van der Waals surface area contributed by atoms with Crippen LogP contribution in [0.2, 0.25) is 0 Å². The minimum Gasteiger partial charge on any atom is -0.487 e. The van der Waals surface area contributed by atoms with E-state index in [-0.39, 0.29) is 12.4 Å². The molecule has 2 aromatic rings. The number of aryl methyl sites for hydroxylation is 1. The first-order chi connectivity index (χ1) is 8.56. The first kappa shape index (κ1) is 12.4. The number of hydrogen-bond donors (Lipinski definition) is 0. The van der Waals surface area contributed by atoms with Gasteiger partial charge in [-0.15, -0.1) is 11.3 Å². The van der Waals surface area contributed by atoms with Crippen LogP contribution in [0.15, 0.2) is 23.6 Å². The summed E-state index contributed by atoms with van der Waals surface area (Å²) in [5.41, 5.74) is 0.183. The Kier molecular flexibility index (Phi) is 3.52. The lowest BCUT2D eigenvalue weighted by atomic mass is 10.3. The van der Waals surface area contributed by atoms with Gasteiger partial charge in [0.15, 0.2) is 0 Å². The second kappa shape index (κ2) is 5.09. The van der Waals surface area contributed by atoms with Crippen molar-refractivity contribution < 1.29 is 14.1 Å². The predicted molar refractivity (Wildman–Crippen MR) is 64.2 cm³/mol. The van der Waals surface area contributed by atoms with Crippen molar-refractivity contribution in [3.05, 3.63) is 50.2 Å². The van der Waals surface area contributed by atoms with Gasteiger partial charge in [-0.2, -0.15) is 4.39 Å². The Labute approximate surface area is 106 Å². The summed E-state index contributed by atoms with van der Waals surface area (Å²) in [6.45, 7) is 2.08. The third kappa shape index (κ3) is 2.80. The van der Waals surface area contributed by atoms with Gasteiger partial charge in [0, 0.05) is 17.5 Å². The molecule has 1 aromatic carbocycles. The SMILES string of the molecule is Cc1nc(COc2ccc([N+](=O)[O-])c(F)c2)cs1. The van der Waals surface area contributed by atoms with E-state index in [0.29, 0.717) is 0 Å². The first-order valence-corrected chi connectivity index (χ1v) is 5.92. The highest BCUT2D eigenvalue weighted by Crippen LogP contribution is 2.23. The second-order valence-corrected chi connectivity index (χ2v) is 4.58. The van der Waals surface area contributed by atoms with Crippen molar-refractivity contribution in [3.63, 3.8) is 0 Å². The molecule has 7 heteroatoms. The van der Waals surface area contributed by atoms with Crippen LogP contribution in [0.3, 0.4) is 0 Å². The number of ether oxygens (including phenoxy) is 1. The number of aromatic nitrogens is 1. The number of nitro groups is 1. The Morgan fingerprint density at radius 3 is 2.89 bits per heavy atom. The molecule has 2 rings (SSSR count). The summed E-state index contributed by atoms with van der Waals surface area (Å²) in [7, 11) is 0. The van der Waals surface area contributed by atoms with Gasteiger partial charge < -0.3 is 4.74 Å². The minimum absolute atomic E-state index is 0.210. The summed E-state index contributed by atoms with van der Waals surface area (Å²) in [5, 5.41) is 13.2. The Morgan fingerprint density at radius 1 is 1.56 bits per heavy atom. The van der Waals surface area contributed by atoms with Crippen LogP contribution in [0, 0.1) is 22.9 Å². The number of halogens is 1. The van der Waals surface area contributed by atoms with Crippen molar-refractivity contribution in [2.24, 2.45) is 0 Å². The van der Waals surface area contributed by atoms with Crippen LogP contribution in [0.4, 0.5) is 10.1 Å². The summed E-state index contributed by atoms with van der Waals surface area (Å²) in [6.07, 6.45) is 0. The second-order valence-electron chi connectivity index (χ2n) is 3.52. The standard InChI is InChI=1S/C11H9FN2O3S/c1-7-13-8(6-18-7)5-17-9-2-3-11(14(15)16)10(12)4-9/h2-4,6H,5H2,1H3. The van der Waals surface area contributed by atoms with E-state index in [4.69, 9.17) is 4.74 Å². The fourth-order valence-electron chi connectivity index (χ4n) is 1.36. The number of thiazole rings is 1. The fourth-order valence-corrected chi connectivity index (χ4v) is 1.95. The smallest absolute Gasteiger partial charge is 0.305 e. The fraction of sp³-hybridized carbons (Fsp3) is 0.182. The molecule has 0 N–H and O–H groups in total. The Hall–Kier alpha value is -2.02. The van der Waals surface area contributed by atoms with Crippen LogP contribution in [-0.4, -0.2) is 9.91 Å². The van der Waals surface area contributed by atoms with Gasteiger partial charge in [-0.05, 0) is 13.0 Å². The van der Waals surface area contributed by atoms with Gasteiger partial charge in [-0.25, -0.2) is 4.98 Å². The average Bonchev–Trinajstić information content (AvgIpc) is 2.72. The zero-order chi connectivity index (χ0) is 13.1. The van der Waals surface area contributed by atoms with E-state index in [1.165, 1.54) is 17.4 Å². The number of hydrogen-bond acceptors (Lipinski definition) is 5. The van der Waals surface area contributed by atoms with E-state index in [9.17, 15) is 14.5 Å². The summed E-state index contributed by atoms with van der Waals surface area (Å²) in [4.78, 5) is 13.8. The molecular formula is C11H9FN2O3S. The van der Waals surface area contributed by atoms with Gasteiger partial charge in [-0.3, -0.25) is 10.1 Å². The molecule has 0 unspecified atom stereocenters. The lowest BCUT2D eigenvalue weighted by Gasteiger charge is -2.04. The van der Waals surface area contributed by atoms with Crippen LogP contribution in [0.25, 0.3) is 0 Å². The minimum atomic E-state index is -0.910. The molecule has 0 saturated heterocycles. The van der Waals surface area contributed by atoms with E-state index in [2.05, 4.69) is 4.98 Å². The third-order valence-electron chi connectivity index (χ3n) is 2.17. The van der Waals surface area contributed by atoms with Crippen LogP contribution in [0.5, 0.6) is 5.75 Å². The van der Waals surface area contributed by atoms with Crippen molar-refractivity contribution in [2.75, 3.05) is 0 Å². The molecule has 0 amide bonds. The molecule has 18 heavy (non-hydrogen) atoms. The van der Waals surface area contributed by atoms with Crippen LogP contribution in [-0.2, 0) is 6.61 Å². The zero-order valence-corrected chi connectivity index (χ0v) is 10.2. The summed E-state index contributed by atoms with van der Waals surface area (Å²) < 4.78 is 18.6. The molecule has 1 aromatic heterocycles. The Bertz CT molecular complexity index is 585. The summed E-state index contributed by atoms with van der Waals surface area (Å²) in [6, 6.07) is 3.44. The molecule has 0 atom stereocenters. The normalized spacial score (nSPS) is 10.3. The summed E-state index contributed by atoms with van der Waals surface area (Å²) >= 11 is 1.49. The first-order valence-electron chi connectivity index (χ1n) is 5.04. The number of benzene rings is 1. The predicted octanol–water partition coefficient (Wildman–Crippen LogP) is 3.08. The van der Waals surface area contributed by atoms with Crippen LogP contribution < -0.4 is 4.74 Å². The monoisotopic (exact) mass is 268 g/mol. The highest BCUT2D eigenvalue weighted by atomic mass is 32.1.